The minimum atomic E-state index is -0.620. The zero-order valence-electron chi connectivity index (χ0n) is 17.4. The molecule has 0 saturated heterocycles. The first-order valence-electron chi connectivity index (χ1n) is 10.4. The number of fused-ring (bicyclic) bond motifs is 2. The Bertz CT molecular complexity index is 1390. The SMILES string of the molecule is NC(=O)c1c(NC(=O)COC(=O)c2cc(-c3cccs3)nc3ccccc23)sc2c1CCC2. The van der Waals surface area contributed by atoms with Gasteiger partial charge >= 0.3 is 5.97 Å². The Morgan fingerprint density at radius 3 is 2.76 bits per heavy atom. The molecule has 0 bridgehead atoms. The summed E-state index contributed by atoms with van der Waals surface area (Å²) in [4.78, 5) is 44.0. The van der Waals surface area contributed by atoms with E-state index in [0.717, 1.165) is 34.6 Å². The maximum atomic E-state index is 12.9. The molecule has 3 heterocycles. The molecule has 1 aliphatic carbocycles. The number of anilines is 1. The number of nitrogens with zero attached hydrogens (tertiary/aromatic N) is 1. The van der Waals surface area contributed by atoms with Crippen LogP contribution in [0, 0.1) is 0 Å². The molecule has 0 spiro atoms. The van der Waals surface area contributed by atoms with Gasteiger partial charge in [-0.2, -0.15) is 0 Å². The Balaban J connectivity index is 1.35. The van der Waals surface area contributed by atoms with Crippen LogP contribution in [0.1, 0.15) is 37.6 Å². The molecule has 0 fully saturated rings. The monoisotopic (exact) mass is 477 g/mol. The fraction of sp³-hybridized carbons (Fsp3) is 0.167. The normalized spacial score (nSPS) is 12.5. The molecular formula is C24H19N3O4S2. The number of ether oxygens (including phenoxy) is 1. The van der Waals surface area contributed by atoms with Crippen LogP contribution in [0.5, 0.6) is 0 Å². The molecule has 33 heavy (non-hydrogen) atoms. The van der Waals surface area contributed by atoms with Gasteiger partial charge in [0.25, 0.3) is 11.8 Å². The second-order valence-corrected chi connectivity index (χ2v) is 9.65. The molecular weight excluding hydrogens is 458 g/mol. The second kappa shape index (κ2) is 8.76. The average Bonchev–Trinajstić information content (AvgIpc) is 3.54. The van der Waals surface area contributed by atoms with Crippen LogP contribution < -0.4 is 11.1 Å². The van der Waals surface area contributed by atoms with Crippen molar-refractivity contribution in [2.45, 2.75) is 19.3 Å². The molecule has 9 heteroatoms. The fourth-order valence-electron chi connectivity index (χ4n) is 4.02. The van der Waals surface area contributed by atoms with Crippen molar-refractivity contribution in [3.63, 3.8) is 0 Å². The molecule has 0 aliphatic heterocycles. The summed E-state index contributed by atoms with van der Waals surface area (Å²) >= 11 is 2.88. The second-order valence-electron chi connectivity index (χ2n) is 7.60. The van der Waals surface area contributed by atoms with E-state index in [9.17, 15) is 14.4 Å². The summed E-state index contributed by atoms with van der Waals surface area (Å²) in [6.45, 7) is -0.482. The highest BCUT2D eigenvalue weighted by atomic mass is 32.1. The number of carbonyl (C=O) groups is 3. The summed E-state index contributed by atoms with van der Waals surface area (Å²) < 4.78 is 5.33. The minimum Gasteiger partial charge on any atom is -0.452 e. The van der Waals surface area contributed by atoms with Gasteiger partial charge in [-0.25, -0.2) is 9.78 Å². The molecule has 7 nitrogen and oxygen atoms in total. The molecule has 3 aromatic heterocycles. The zero-order valence-corrected chi connectivity index (χ0v) is 19.1. The summed E-state index contributed by atoms with van der Waals surface area (Å²) in [6.07, 6.45) is 2.62. The van der Waals surface area contributed by atoms with Crippen LogP contribution in [0.2, 0.25) is 0 Å². The Hall–Kier alpha value is -3.56. The van der Waals surface area contributed by atoms with E-state index in [-0.39, 0.29) is 0 Å². The van der Waals surface area contributed by atoms with Crippen LogP contribution in [0.3, 0.4) is 0 Å². The molecule has 2 amide bonds. The molecule has 1 aromatic carbocycles. The number of nitrogens with two attached hydrogens (primary N) is 1. The highest BCUT2D eigenvalue weighted by molar-refractivity contribution is 7.17. The molecule has 0 unspecified atom stereocenters. The van der Waals surface area contributed by atoms with Gasteiger partial charge in [0.2, 0.25) is 0 Å². The number of esters is 1. The highest BCUT2D eigenvalue weighted by Gasteiger charge is 2.26. The molecule has 0 radical (unpaired) electrons. The van der Waals surface area contributed by atoms with Crippen molar-refractivity contribution in [1.29, 1.82) is 0 Å². The summed E-state index contributed by atoms with van der Waals surface area (Å²) in [5, 5.41) is 5.70. The van der Waals surface area contributed by atoms with Gasteiger partial charge in [-0.1, -0.05) is 24.3 Å². The number of para-hydroxylation sites is 1. The third kappa shape index (κ3) is 4.12. The third-order valence-corrected chi connectivity index (χ3v) is 7.56. The largest absolute Gasteiger partial charge is 0.452 e. The number of nitrogens with one attached hydrogen (secondary N) is 1. The van der Waals surface area contributed by atoms with Gasteiger partial charge in [-0.3, -0.25) is 9.59 Å². The molecule has 3 N–H and O–H groups in total. The molecule has 166 valence electrons. The first kappa shape index (κ1) is 21.3. The Morgan fingerprint density at radius 2 is 1.97 bits per heavy atom. The standard InChI is InChI=1S/C24H19N3O4S2/c25-22(29)21-14-6-3-8-18(14)33-23(21)27-20(28)12-31-24(30)15-11-17(19-9-4-10-32-19)26-16-7-2-1-5-13(15)16/h1-2,4-5,7,9-11H,3,6,8,12H2,(H2,25,29)(H,27,28). The number of hydrogen-bond donors (Lipinski definition) is 2. The van der Waals surface area contributed by atoms with Crippen LogP contribution in [0.15, 0.2) is 47.8 Å². The molecule has 1 aliphatic rings. The number of thiophene rings is 2. The minimum absolute atomic E-state index is 0.338. The number of amides is 2. The van der Waals surface area contributed by atoms with Crippen molar-refractivity contribution in [2.24, 2.45) is 5.73 Å². The molecule has 5 rings (SSSR count). The number of pyridine rings is 1. The number of benzene rings is 1. The van der Waals surface area contributed by atoms with Crippen LogP contribution in [0.25, 0.3) is 21.5 Å². The van der Waals surface area contributed by atoms with Crippen molar-refractivity contribution >= 4 is 56.4 Å². The van der Waals surface area contributed by atoms with E-state index in [1.807, 2.05) is 35.7 Å². The van der Waals surface area contributed by atoms with E-state index < -0.39 is 24.4 Å². The van der Waals surface area contributed by atoms with Gasteiger partial charge in [0.05, 0.1) is 27.2 Å². The predicted molar refractivity (Wildman–Crippen MR) is 129 cm³/mol. The van der Waals surface area contributed by atoms with Crippen molar-refractivity contribution in [3.05, 3.63) is 69.4 Å². The Labute approximate surface area is 197 Å². The van der Waals surface area contributed by atoms with Crippen molar-refractivity contribution in [2.75, 3.05) is 11.9 Å². The van der Waals surface area contributed by atoms with E-state index in [1.165, 1.54) is 22.7 Å². The van der Waals surface area contributed by atoms with Gasteiger partial charge in [-0.15, -0.1) is 22.7 Å². The smallest absolute Gasteiger partial charge is 0.339 e. The number of hydrogen-bond acceptors (Lipinski definition) is 7. The lowest BCUT2D eigenvalue weighted by molar-refractivity contribution is -0.119. The summed E-state index contributed by atoms with van der Waals surface area (Å²) in [6, 6.07) is 12.8. The predicted octanol–water partition coefficient (Wildman–Crippen LogP) is 4.41. The van der Waals surface area contributed by atoms with E-state index >= 15 is 0 Å². The molecule has 4 aromatic rings. The van der Waals surface area contributed by atoms with Crippen molar-refractivity contribution in [1.82, 2.24) is 4.98 Å². The molecule has 0 saturated carbocycles. The third-order valence-electron chi connectivity index (χ3n) is 5.46. The average molecular weight is 478 g/mol. The first-order chi connectivity index (χ1) is 16.0. The maximum Gasteiger partial charge on any atom is 0.339 e. The van der Waals surface area contributed by atoms with Crippen LogP contribution in [-0.4, -0.2) is 29.4 Å². The summed E-state index contributed by atoms with van der Waals surface area (Å²) in [7, 11) is 0. The van der Waals surface area contributed by atoms with Crippen molar-refractivity contribution in [3.8, 4) is 10.6 Å². The number of carbonyl (C=O) groups excluding carboxylic acids is 3. The summed E-state index contributed by atoms with van der Waals surface area (Å²) in [5.41, 5.74) is 8.50. The van der Waals surface area contributed by atoms with Gasteiger partial charge in [-0.05, 0) is 48.4 Å². The maximum absolute atomic E-state index is 12.9. The van der Waals surface area contributed by atoms with E-state index in [4.69, 9.17) is 10.5 Å². The van der Waals surface area contributed by atoms with Gasteiger partial charge < -0.3 is 15.8 Å². The fourth-order valence-corrected chi connectivity index (χ4v) is 6.02. The van der Waals surface area contributed by atoms with Crippen molar-refractivity contribution < 1.29 is 19.1 Å². The van der Waals surface area contributed by atoms with Gasteiger partial charge in [0.15, 0.2) is 6.61 Å². The first-order valence-corrected chi connectivity index (χ1v) is 12.1. The topological polar surface area (TPSA) is 111 Å². The summed E-state index contributed by atoms with van der Waals surface area (Å²) in [5.74, 6) is -1.71. The number of primary amides is 1. The number of aromatic nitrogens is 1. The number of aryl methyl sites for hydroxylation is 1. The Kier molecular flexibility index (Phi) is 5.65. The number of rotatable bonds is 6. The van der Waals surface area contributed by atoms with E-state index in [1.54, 1.807) is 12.1 Å². The lowest BCUT2D eigenvalue weighted by atomic mass is 10.1. The van der Waals surface area contributed by atoms with Gasteiger partial charge in [0, 0.05) is 10.3 Å². The van der Waals surface area contributed by atoms with E-state index in [0.29, 0.717) is 32.7 Å². The van der Waals surface area contributed by atoms with Crippen LogP contribution >= 0.6 is 22.7 Å². The van der Waals surface area contributed by atoms with Gasteiger partial charge in [0.1, 0.15) is 5.00 Å². The lowest BCUT2D eigenvalue weighted by Crippen LogP contribution is -2.23. The quantitative estimate of drug-likeness (QED) is 0.400. The molecule has 0 atom stereocenters. The van der Waals surface area contributed by atoms with Crippen LogP contribution in [0.4, 0.5) is 5.00 Å². The highest BCUT2D eigenvalue weighted by Crippen LogP contribution is 2.38. The Morgan fingerprint density at radius 1 is 1.12 bits per heavy atom. The van der Waals surface area contributed by atoms with Crippen LogP contribution in [-0.2, 0) is 22.4 Å². The van der Waals surface area contributed by atoms with E-state index in [2.05, 4.69) is 10.3 Å². The lowest BCUT2D eigenvalue weighted by Gasteiger charge is -2.10. The zero-order chi connectivity index (χ0) is 22.9.